The number of hydrogen-bond donors (Lipinski definition) is 0. The Labute approximate surface area is 169 Å². The van der Waals surface area contributed by atoms with E-state index in [4.69, 9.17) is 16.6 Å². The fourth-order valence-electron chi connectivity index (χ4n) is 4.98. The van der Waals surface area contributed by atoms with Gasteiger partial charge in [-0.15, -0.1) is 0 Å². The number of allylic oxidation sites excluding steroid dienone is 1. The largest absolute Gasteiger partial charge is 0.299 e. The molecule has 2 aliphatic carbocycles. The molecule has 5 rings (SSSR count). The van der Waals surface area contributed by atoms with Crippen molar-refractivity contribution in [2.75, 3.05) is 0 Å². The zero-order valence-corrected chi connectivity index (χ0v) is 16.6. The standard InChI is InChI=1S/C24H20ClNO2/c1-24(2)11-17-20(18(27)12-24)19(15-9-5-6-10-16(15)25)21-22(26-17)13-7-3-4-8-14(13)23(21)28/h3-10,19-20H,11-12H2,1-2H3/t19-,20?/m0/s1. The van der Waals surface area contributed by atoms with Crippen molar-refractivity contribution in [3.05, 3.63) is 75.8 Å². The summed E-state index contributed by atoms with van der Waals surface area (Å²) in [5.41, 5.74) is 4.47. The number of carbonyl (C=O) groups excluding carboxylic acids is 2. The first-order chi connectivity index (χ1) is 13.4. The van der Waals surface area contributed by atoms with Crippen LogP contribution in [0.3, 0.4) is 0 Å². The molecular formula is C24H20ClNO2. The van der Waals surface area contributed by atoms with Crippen LogP contribution >= 0.6 is 11.6 Å². The minimum atomic E-state index is -0.412. The van der Waals surface area contributed by atoms with Crippen LogP contribution in [-0.4, -0.2) is 17.3 Å². The van der Waals surface area contributed by atoms with E-state index >= 15 is 0 Å². The molecule has 28 heavy (non-hydrogen) atoms. The Balaban J connectivity index is 1.78. The molecule has 1 saturated carbocycles. The van der Waals surface area contributed by atoms with Crippen molar-refractivity contribution in [2.45, 2.75) is 32.6 Å². The van der Waals surface area contributed by atoms with Crippen LogP contribution in [0, 0.1) is 11.3 Å². The Bertz CT molecular complexity index is 1110. The molecular weight excluding hydrogens is 370 g/mol. The summed E-state index contributed by atoms with van der Waals surface area (Å²) < 4.78 is 0. The lowest BCUT2D eigenvalue weighted by molar-refractivity contribution is -0.124. The van der Waals surface area contributed by atoms with Crippen LogP contribution in [0.25, 0.3) is 5.70 Å². The molecule has 0 saturated heterocycles. The fraction of sp³-hybridized carbons (Fsp3) is 0.292. The van der Waals surface area contributed by atoms with Crippen LogP contribution in [0.15, 0.2) is 59.1 Å². The highest BCUT2D eigenvalue weighted by atomic mass is 35.5. The zero-order valence-electron chi connectivity index (χ0n) is 15.8. The average Bonchev–Trinajstić information content (AvgIpc) is 2.92. The summed E-state index contributed by atoms with van der Waals surface area (Å²) in [6, 6.07) is 15.1. The van der Waals surface area contributed by atoms with Gasteiger partial charge in [0, 0.05) is 39.8 Å². The van der Waals surface area contributed by atoms with Crippen LogP contribution in [0.5, 0.6) is 0 Å². The predicted octanol–water partition coefficient (Wildman–Crippen LogP) is 5.49. The van der Waals surface area contributed by atoms with Crippen LogP contribution in [0.2, 0.25) is 5.02 Å². The lowest BCUT2D eigenvalue weighted by Crippen LogP contribution is -2.43. The number of rotatable bonds is 1. The molecule has 2 aromatic carbocycles. The van der Waals surface area contributed by atoms with E-state index in [1.54, 1.807) is 0 Å². The molecule has 0 bridgehead atoms. The number of aliphatic imine (C=N–C) groups is 1. The van der Waals surface area contributed by atoms with Gasteiger partial charge in [-0.25, -0.2) is 0 Å². The van der Waals surface area contributed by atoms with Crippen molar-refractivity contribution in [1.82, 2.24) is 0 Å². The number of halogens is 1. The summed E-state index contributed by atoms with van der Waals surface area (Å²) in [7, 11) is 0. The van der Waals surface area contributed by atoms with Gasteiger partial charge in [0.1, 0.15) is 5.78 Å². The Morgan fingerprint density at radius 3 is 2.36 bits per heavy atom. The van der Waals surface area contributed by atoms with Crippen LogP contribution in [0.4, 0.5) is 0 Å². The molecule has 0 radical (unpaired) electrons. The van der Waals surface area contributed by atoms with E-state index in [2.05, 4.69) is 13.8 Å². The maximum absolute atomic E-state index is 13.4. The summed E-state index contributed by atoms with van der Waals surface area (Å²) in [4.78, 5) is 31.5. The summed E-state index contributed by atoms with van der Waals surface area (Å²) in [5, 5.41) is 0.585. The van der Waals surface area contributed by atoms with Crippen molar-refractivity contribution in [1.29, 1.82) is 0 Å². The molecule has 0 N–H and O–H groups in total. The molecule has 140 valence electrons. The molecule has 0 spiro atoms. The minimum absolute atomic E-state index is 0.0315. The molecule has 3 aliphatic rings. The minimum Gasteiger partial charge on any atom is -0.299 e. The first kappa shape index (κ1) is 17.6. The monoisotopic (exact) mass is 389 g/mol. The second-order valence-corrected chi connectivity index (χ2v) is 9.11. The molecule has 2 atom stereocenters. The Morgan fingerprint density at radius 1 is 0.929 bits per heavy atom. The lowest BCUT2D eigenvalue weighted by Gasteiger charge is -2.40. The van der Waals surface area contributed by atoms with E-state index in [1.165, 1.54) is 0 Å². The molecule has 0 amide bonds. The first-order valence-corrected chi connectivity index (χ1v) is 9.98. The summed E-state index contributed by atoms with van der Waals surface area (Å²) >= 11 is 6.56. The SMILES string of the molecule is CC1(C)CC(=O)C2C(=NC3=C(C(=O)c4ccccc43)[C@H]2c2ccccc2Cl)C1. The second kappa shape index (κ2) is 5.99. The van der Waals surface area contributed by atoms with Crippen LogP contribution < -0.4 is 0 Å². The number of benzene rings is 2. The van der Waals surface area contributed by atoms with E-state index in [0.717, 1.165) is 29.0 Å². The molecule has 1 fully saturated rings. The number of nitrogens with zero attached hydrogens (tertiary/aromatic N) is 1. The Morgan fingerprint density at radius 2 is 1.61 bits per heavy atom. The van der Waals surface area contributed by atoms with Gasteiger partial charge in [-0.3, -0.25) is 14.6 Å². The van der Waals surface area contributed by atoms with E-state index in [-0.39, 0.29) is 22.9 Å². The van der Waals surface area contributed by atoms with Crippen molar-refractivity contribution in [3.8, 4) is 0 Å². The topological polar surface area (TPSA) is 46.5 Å². The quantitative estimate of drug-likeness (QED) is 0.647. The average molecular weight is 390 g/mol. The third-order valence-electron chi connectivity index (χ3n) is 6.08. The van der Waals surface area contributed by atoms with Gasteiger partial charge < -0.3 is 0 Å². The highest BCUT2D eigenvalue weighted by Crippen LogP contribution is 2.52. The molecule has 1 heterocycles. The molecule has 0 aromatic heterocycles. The zero-order chi connectivity index (χ0) is 19.6. The van der Waals surface area contributed by atoms with Gasteiger partial charge in [0.15, 0.2) is 5.78 Å². The number of Topliss-reactive ketones (excluding diaryl/α,β-unsaturated/α-hetero) is 2. The van der Waals surface area contributed by atoms with Gasteiger partial charge in [-0.1, -0.05) is 67.9 Å². The summed E-state index contributed by atoms with van der Waals surface area (Å²) in [6.07, 6.45) is 1.24. The van der Waals surface area contributed by atoms with Gasteiger partial charge >= 0.3 is 0 Å². The molecule has 3 nitrogen and oxygen atoms in total. The fourth-order valence-corrected chi connectivity index (χ4v) is 5.24. The number of ketones is 2. The van der Waals surface area contributed by atoms with E-state index in [9.17, 15) is 9.59 Å². The predicted molar refractivity (Wildman–Crippen MR) is 111 cm³/mol. The van der Waals surface area contributed by atoms with E-state index in [0.29, 0.717) is 22.6 Å². The second-order valence-electron chi connectivity index (χ2n) is 8.70. The molecule has 4 heteroatoms. The number of fused-ring (bicyclic) bond motifs is 3. The van der Waals surface area contributed by atoms with Gasteiger partial charge in [0.2, 0.25) is 0 Å². The van der Waals surface area contributed by atoms with Crippen LogP contribution in [-0.2, 0) is 4.79 Å². The van der Waals surface area contributed by atoms with Gasteiger partial charge in [-0.05, 0) is 23.5 Å². The maximum Gasteiger partial charge on any atom is 0.192 e. The highest BCUT2D eigenvalue weighted by molar-refractivity contribution is 6.32. The maximum atomic E-state index is 13.4. The summed E-state index contributed by atoms with van der Waals surface area (Å²) in [6.45, 7) is 4.21. The molecule has 2 aromatic rings. The number of carbonyl (C=O) groups is 2. The summed E-state index contributed by atoms with van der Waals surface area (Å²) in [5.74, 6) is -0.671. The van der Waals surface area contributed by atoms with Gasteiger partial charge in [-0.2, -0.15) is 0 Å². The van der Waals surface area contributed by atoms with Gasteiger partial charge in [0.25, 0.3) is 0 Å². The first-order valence-electron chi connectivity index (χ1n) is 9.60. The lowest BCUT2D eigenvalue weighted by atomic mass is 9.63. The van der Waals surface area contributed by atoms with E-state index in [1.807, 2.05) is 48.5 Å². The van der Waals surface area contributed by atoms with Crippen molar-refractivity contribution >= 4 is 34.6 Å². The van der Waals surface area contributed by atoms with Gasteiger partial charge in [0.05, 0.1) is 11.6 Å². The Kier molecular flexibility index (Phi) is 3.76. The highest BCUT2D eigenvalue weighted by Gasteiger charge is 2.50. The van der Waals surface area contributed by atoms with Crippen molar-refractivity contribution in [2.24, 2.45) is 16.3 Å². The van der Waals surface area contributed by atoms with Crippen LogP contribution in [0.1, 0.15) is 54.1 Å². The molecule has 1 unspecified atom stereocenters. The van der Waals surface area contributed by atoms with E-state index < -0.39 is 5.92 Å². The van der Waals surface area contributed by atoms with Crippen molar-refractivity contribution in [3.63, 3.8) is 0 Å². The molecule has 1 aliphatic heterocycles. The number of hydrogen-bond acceptors (Lipinski definition) is 3. The third-order valence-corrected chi connectivity index (χ3v) is 6.43. The Hall–Kier alpha value is -2.52. The smallest absolute Gasteiger partial charge is 0.192 e. The third kappa shape index (κ3) is 2.46. The normalized spacial score (nSPS) is 25.2. The van der Waals surface area contributed by atoms with Crippen molar-refractivity contribution < 1.29 is 9.59 Å².